The van der Waals surface area contributed by atoms with Crippen LogP contribution in [0.15, 0.2) is 59.9 Å². The van der Waals surface area contributed by atoms with Crippen LogP contribution in [0.4, 0.5) is 17.6 Å². The largest absolute Gasteiger partial charge is 0.416 e. The van der Waals surface area contributed by atoms with Crippen molar-refractivity contribution >= 4 is 17.7 Å². The number of aromatic nitrogens is 2. The lowest BCUT2D eigenvalue weighted by molar-refractivity contribution is -0.137. The molecule has 0 aliphatic rings. The fourth-order valence-corrected chi connectivity index (χ4v) is 3.73. The van der Waals surface area contributed by atoms with Crippen molar-refractivity contribution < 1.29 is 27.5 Å². The van der Waals surface area contributed by atoms with E-state index >= 15 is 0 Å². The van der Waals surface area contributed by atoms with E-state index in [0.29, 0.717) is 16.4 Å². The van der Waals surface area contributed by atoms with Gasteiger partial charge in [0.2, 0.25) is 5.91 Å². The summed E-state index contributed by atoms with van der Waals surface area (Å²) in [7, 11) is 0. The molecule has 1 heterocycles. The molecular formula is C21H19F4N3O2S. The number of carbonyl (C=O) groups excluding carboxylic acids is 1. The molecule has 164 valence electrons. The fraction of sp³-hybridized carbons (Fsp3) is 0.238. The van der Waals surface area contributed by atoms with Gasteiger partial charge in [0.15, 0.2) is 5.16 Å². The molecule has 0 spiro atoms. The van der Waals surface area contributed by atoms with Gasteiger partial charge in [0.1, 0.15) is 12.4 Å². The second-order valence-corrected chi connectivity index (χ2v) is 7.61. The van der Waals surface area contributed by atoms with E-state index in [1.807, 2.05) is 0 Å². The van der Waals surface area contributed by atoms with Gasteiger partial charge in [-0.3, -0.25) is 4.79 Å². The number of carbonyl (C=O) groups is 1. The maximum Gasteiger partial charge on any atom is 0.416 e. The number of hydrogen-bond donors (Lipinski definition) is 2. The topological polar surface area (TPSA) is 67.2 Å². The molecule has 31 heavy (non-hydrogen) atoms. The Morgan fingerprint density at radius 1 is 1.13 bits per heavy atom. The Kier molecular flexibility index (Phi) is 7.34. The van der Waals surface area contributed by atoms with Crippen LogP contribution in [0.25, 0.3) is 0 Å². The van der Waals surface area contributed by atoms with Crippen LogP contribution in [0.3, 0.4) is 0 Å². The molecule has 10 heteroatoms. The summed E-state index contributed by atoms with van der Waals surface area (Å²) in [5.74, 6) is -0.510. The van der Waals surface area contributed by atoms with Crippen molar-refractivity contribution in [1.29, 1.82) is 0 Å². The summed E-state index contributed by atoms with van der Waals surface area (Å²) in [6.07, 6.45) is -3.01. The smallest absolute Gasteiger partial charge is 0.390 e. The summed E-state index contributed by atoms with van der Waals surface area (Å²) in [5.41, 5.74) is 0.858. The van der Waals surface area contributed by atoms with Gasteiger partial charge in [-0.1, -0.05) is 42.1 Å². The maximum atomic E-state index is 13.0. The average Bonchev–Trinajstić information content (AvgIpc) is 3.13. The lowest BCUT2D eigenvalue weighted by atomic mass is 10.1. The van der Waals surface area contributed by atoms with Crippen LogP contribution in [-0.4, -0.2) is 20.6 Å². The molecule has 3 aromatic rings. The zero-order valence-corrected chi connectivity index (χ0v) is 17.0. The first kappa shape index (κ1) is 22.8. The third-order valence-electron chi connectivity index (χ3n) is 4.39. The van der Waals surface area contributed by atoms with Gasteiger partial charge in [-0.15, -0.1) is 0 Å². The van der Waals surface area contributed by atoms with E-state index in [0.717, 1.165) is 17.7 Å². The quantitative estimate of drug-likeness (QED) is 0.397. The van der Waals surface area contributed by atoms with E-state index < -0.39 is 11.7 Å². The number of nitrogens with one attached hydrogen (secondary N) is 1. The van der Waals surface area contributed by atoms with Gasteiger partial charge in [0, 0.05) is 12.3 Å². The number of aliphatic hydroxyl groups is 1. The maximum absolute atomic E-state index is 13.0. The second kappa shape index (κ2) is 9.97. The number of alkyl halides is 3. The fourth-order valence-electron chi connectivity index (χ4n) is 2.79. The molecule has 0 saturated carbocycles. The van der Waals surface area contributed by atoms with Gasteiger partial charge in [0.25, 0.3) is 0 Å². The van der Waals surface area contributed by atoms with Crippen LogP contribution in [0.2, 0.25) is 0 Å². The van der Waals surface area contributed by atoms with E-state index in [9.17, 15) is 27.5 Å². The number of aliphatic hydroxyl groups excluding tert-OH is 1. The number of benzene rings is 2. The number of halogens is 4. The second-order valence-electron chi connectivity index (χ2n) is 6.67. The number of amides is 1. The zero-order valence-electron chi connectivity index (χ0n) is 16.2. The van der Waals surface area contributed by atoms with Crippen molar-refractivity contribution in [2.24, 2.45) is 0 Å². The third-order valence-corrected chi connectivity index (χ3v) is 5.45. The summed E-state index contributed by atoms with van der Waals surface area (Å²) < 4.78 is 53.1. The van der Waals surface area contributed by atoms with Crippen LogP contribution in [0.1, 0.15) is 22.4 Å². The monoisotopic (exact) mass is 453 g/mol. The van der Waals surface area contributed by atoms with E-state index in [2.05, 4.69) is 10.3 Å². The molecule has 0 saturated heterocycles. The van der Waals surface area contributed by atoms with Crippen molar-refractivity contribution in [2.75, 3.05) is 0 Å². The van der Waals surface area contributed by atoms with Crippen molar-refractivity contribution in [1.82, 2.24) is 14.9 Å². The number of imidazole rings is 1. The highest BCUT2D eigenvalue weighted by Gasteiger charge is 2.30. The Morgan fingerprint density at radius 2 is 1.87 bits per heavy atom. The molecule has 0 aliphatic carbocycles. The molecule has 1 amide bonds. The molecule has 0 radical (unpaired) electrons. The highest BCUT2D eigenvalue weighted by molar-refractivity contribution is 7.98. The first-order chi connectivity index (χ1) is 14.8. The lowest BCUT2D eigenvalue weighted by Crippen LogP contribution is -2.28. The van der Waals surface area contributed by atoms with Gasteiger partial charge in [-0.05, 0) is 29.3 Å². The average molecular weight is 453 g/mol. The van der Waals surface area contributed by atoms with Crippen molar-refractivity contribution in [3.05, 3.63) is 82.9 Å². The third kappa shape index (κ3) is 6.31. The molecule has 2 aromatic carbocycles. The van der Waals surface area contributed by atoms with Gasteiger partial charge < -0.3 is 15.0 Å². The minimum absolute atomic E-state index is 0.123. The molecule has 0 bridgehead atoms. The number of nitrogens with zero attached hydrogens (tertiary/aromatic N) is 2. The predicted molar refractivity (Wildman–Crippen MR) is 107 cm³/mol. The molecule has 0 atom stereocenters. The standard InChI is InChI=1S/C21H19F4N3O2S/c22-17-6-4-14(5-7-17)9-26-19(30)11-28-18(12-29)10-27-20(28)31-13-15-2-1-3-16(8-15)21(23,24)25/h1-8,10,29H,9,11-13H2,(H,26,30). The number of thioether (sulfide) groups is 1. The molecule has 5 nitrogen and oxygen atoms in total. The van der Waals surface area contributed by atoms with Gasteiger partial charge in [-0.25, -0.2) is 9.37 Å². The van der Waals surface area contributed by atoms with E-state index in [4.69, 9.17) is 0 Å². The summed E-state index contributed by atoms with van der Waals surface area (Å²) >= 11 is 1.17. The van der Waals surface area contributed by atoms with E-state index in [-0.39, 0.29) is 37.2 Å². The van der Waals surface area contributed by atoms with Crippen LogP contribution in [0, 0.1) is 5.82 Å². The van der Waals surface area contributed by atoms with Crippen LogP contribution in [0.5, 0.6) is 0 Å². The summed E-state index contributed by atoms with van der Waals surface area (Å²) in [6, 6.07) is 10.7. The lowest BCUT2D eigenvalue weighted by Gasteiger charge is -2.12. The van der Waals surface area contributed by atoms with Crippen molar-refractivity contribution in [3.63, 3.8) is 0 Å². The highest BCUT2D eigenvalue weighted by atomic mass is 32.2. The molecule has 1 aromatic heterocycles. The Balaban J connectivity index is 1.64. The predicted octanol–water partition coefficient (Wildman–Crippen LogP) is 4.14. The summed E-state index contributed by atoms with van der Waals surface area (Å²) in [5, 5.41) is 12.6. The molecule has 0 fully saturated rings. The summed E-state index contributed by atoms with van der Waals surface area (Å²) in [6.45, 7) is -0.265. The molecule has 2 N–H and O–H groups in total. The normalized spacial score (nSPS) is 11.5. The Labute approximate surface area is 180 Å². The number of rotatable bonds is 8. The molecule has 0 aliphatic heterocycles. The molecule has 3 rings (SSSR count). The van der Waals surface area contributed by atoms with E-state index in [1.165, 1.54) is 40.7 Å². The number of hydrogen-bond acceptors (Lipinski definition) is 4. The Bertz CT molecular complexity index is 1040. The van der Waals surface area contributed by atoms with Crippen LogP contribution < -0.4 is 5.32 Å². The van der Waals surface area contributed by atoms with Crippen molar-refractivity contribution in [3.8, 4) is 0 Å². The Hall–Kier alpha value is -2.85. The Morgan fingerprint density at radius 3 is 2.55 bits per heavy atom. The molecule has 0 unspecified atom stereocenters. The van der Waals surface area contributed by atoms with Gasteiger partial charge in [-0.2, -0.15) is 13.2 Å². The van der Waals surface area contributed by atoms with Crippen LogP contribution in [-0.2, 0) is 36.4 Å². The van der Waals surface area contributed by atoms with Crippen molar-refractivity contribution in [2.45, 2.75) is 36.8 Å². The first-order valence-corrected chi connectivity index (χ1v) is 10.2. The minimum Gasteiger partial charge on any atom is -0.390 e. The van der Waals surface area contributed by atoms with Crippen LogP contribution >= 0.6 is 11.8 Å². The highest BCUT2D eigenvalue weighted by Crippen LogP contribution is 2.31. The van der Waals surface area contributed by atoms with Gasteiger partial charge >= 0.3 is 6.18 Å². The zero-order chi connectivity index (χ0) is 22.4. The summed E-state index contributed by atoms with van der Waals surface area (Å²) in [4.78, 5) is 16.5. The first-order valence-electron chi connectivity index (χ1n) is 9.21. The molecular weight excluding hydrogens is 434 g/mol. The van der Waals surface area contributed by atoms with Gasteiger partial charge in [0.05, 0.1) is 24.1 Å². The van der Waals surface area contributed by atoms with E-state index in [1.54, 1.807) is 18.2 Å². The minimum atomic E-state index is -4.42. The SMILES string of the molecule is O=C(Cn1c(CO)cnc1SCc1cccc(C(F)(F)F)c1)NCc1ccc(F)cc1.